The van der Waals surface area contributed by atoms with E-state index in [1.807, 2.05) is 6.92 Å². The van der Waals surface area contributed by atoms with Crippen molar-refractivity contribution in [1.82, 2.24) is 9.97 Å². The molecule has 0 aliphatic carbocycles. The smallest absolute Gasteiger partial charge is 0.222 e. The number of anilines is 1. The topological polar surface area (TPSA) is 58.0 Å². The Hall–Kier alpha value is -0.870. The Labute approximate surface area is 88.3 Å². The Morgan fingerprint density at radius 3 is 2.71 bits per heavy atom. The van der Waals surface area contributed by atoms with Crippen LogP contribution in [0.5, 0.6) is 0 Å². The highest BCUT2D eigenvalue weighted by atomic mass is 35.5. The SMILES string of the molecule is CCCC(O)CNc1ncc(Cl)cn1. The van der Waals surface area contributed by atoms with E-state index in [9.17, 15) is 5.11 Å². The molecule has 0 amide bonds. The van der Waals surface area contributed by atoms with Crippen LogP contribution >= 0.6 is 11.6 Å². The van der Waals surface area contributed by atoms with E-state index in [4.69, 9.17) is 11.6 Å². The molecule has 0 aromatic carbocycles. The fourth-order valence-electron chi connectivity index (χ4n) is 1.05. The van der Waals surface area contributed by atoms with Crippen LogP contribution in [0.1, 0.15) is 19.8 Å². The molecule has 0 bridgehead atoms. The second-order valence-corrected chi connectivity index (χ2v) is 3.48. The monoisotopic (exact) mass is 215 g/mol. The normalized spacial score (nSPS) is 12.5. The molecule has 14 heavy (non-hydrogen) atoms. The molecule has 0 aliphatic rings. The summed E-state index contributed by atoms with van der Waals surface area (Å²) in [5.74, 6) is 0.490. The van der Waals surface area contributed by atoms with Crippen LogP contribution in [0.4, 0.5) is 5.95 Å². The minimum absolute atomic E-state index is 0.348. The minimum atomic E-state index is -0.348. The van der Waals surface area contributed by atoms with Crippen LogP contribution in [-0.4, -0.2) is 27.7 Å². The van der Waals surface area contributed by atoms with Gasteiger partial charge < -0.3 is 10.4 Å². The highest BCUT2D eigenvalue weighted by Gasteiger charge is 2.02. The van der Waals surface area contributed by atoms with Crippen LogP contribution in [0.15, 0.2) is 12.4 Å². The molecule has 0 fully saturated rings. The molecule has 5 heteroatoms. The summed E-state index contributed by atoms with van der Waals surface area (Å²) in [5.41, 5.74) is 0. The third-order valence-electron chi connectivity index (χ3n) is 1.74. The van der Waals surface area contributed by atoms with Gasteiger partial charge in [0.1, 0.15) is 0 Å². The second-order valence-electron chi connectivity index (χ2n) is 3.05. The summed E-state index contributed by atoms with van der Waals surface area (Å²) in [5, 5.41) is 12.9. The Morgan fingerprint density at radius 2 is 2.14 bits per heavy atom. The van der Waals surface area contributed by atoms with Gasteiger partial charge in [-0.2, -0.15) is 0 Å². The first-order valence-corrected chi connectivity index (χ1v) is 4.99. The summed E-state index contributed by atoms with van der Waals surface area (Å²) in [4.78, 5) is 7.89. The lowest BCUT2D eigenvalue weighted by atomic mass is 10.2. The lowest BCUT2D eigenvalue weighted by Gasteiger charge is -2.09. The second kappa shape index (κ2) is 5.78. The van der Waals surface area contributed by atoms with Crippen molar-refractivity contribution < 1.29 is 5.11 Å². The van der Waals surface area contributed by atoms with E-state index in [0.29, 0.717) is 17.5 Å². The molecular formula is C9H14ClN3O. The maximum absolute atomic E-state index is 9.42. The molecule has 1 heterocycles. The van der Waals surface area contributed by atoms with Gasteiger partial charge in [-0.25, -0.2) is 9.97 Å². The summed E-state index contributed by atoms with van der Waals surface area (Å²) >= 11 is 5.62. The molecule has 1 unspecified atom stereocenters. The zero-order valence-electron chi connectivity index (χ0n) is 8.07. The summed E-state index contributed by atoms with van der Waals surface area (Å²) in [6.07, 6.45) is 4.43. The average molecular weight is 216 g/mol. The summed E-state index contributed by atoms with van der Waals surface area (Å²) in [7, 11) is 0. The van der Waals surface area contributed by atoms with E-state index in [0.717, 1.165) is 12.8 Å². The molecule has 2 N–H and O–H groups in total. The summed E-state index contributed by atoms with van der Waals surface area (Å²) < 4.78 is 0. The molecule has 4 nitrogen and oxygen atoms in total. The molecule has 78 valence electrons. The standard InChI is InChI=1S/C9H14ClN3O/c1-2-3-8(14)6-13-9-11-4-7(10)5-12-9/h4-5,8,14H,2-3,6H2,1H3,(H,11,12,13). The van der Waals surface area contributed by atoms with Gasteiger partial charge in [-0.3, -0.25) is 0 Å². The predicted molar refractivity (Wildman–Crippen MR) is 56.4 cm³/mol. The number of halogens is 1. The highest BCUT2D eigenvalue weighted by molar-refractivity contribution is 6.30. The van der Waals surface area contributed by atoms with Crippen molar-refractivity contribution in [3.8, 4) is 0 Å². The van der Waals surface area contributed by atoms with E-state index >= 15 is 0 Å². The Balaban J connectivity index is 2.34. The van der Waals surface area contributed by atoms with Crippen LogP contribution < -0.4 is 5.32 Å². The number of hydrogen-bond acceptors (Lipinski definition) is 4. The van der Waals surface area contributed by atoms with Crippen molar-refractivity contribution in [3.05, 3.63) is 17.4 Å². The number of aromatic nitrogens is 2. The fourth-order valence-corrected chi connectivity index (χ4v) is 1.15. The van der Waals surface area contributed by atoms with Gasteiger partial charge in [-0.15, -0.1) is 0 Å². The van der Waals surface area contributed by atoms with Crippen molar-refractivity contribution >= 4 is 17.5 Å². The van der Waals surface area contributed by atoms with Crippen LogP contribution in [0.25, 0.3) is 0 Å². The van der Waals surface area contributed by atoms with E-state index in [1.54, 1.807) is 0 Å². The first kappa shape index (κ1) is 11.2. The van der Waals surface area contributed by atoms with Gasteiger partial charge in [0.25, 0.3) is 0 Å². The minimum Gasteiger partial charge on any atom is -0.391 e. The number of nitrogens with one attached hydrogen (secondary N) is 1. The van der Waals surface area contributed by atoms with Gasteiger partial charge >= 0.3 is 0 Å². The van der Waals surface area contributed by atoms with Crippen LogP contribution in [-0.2, 0) is 0 Å². The van der Waals surface area contributed by atoms with E-state index < -0.39 is 0 Å². The Morgan fingerprint density at radius 1 is 1.50 bits per heavy atom. The van der Waals surface area contributed by atoms with Gasteiger partial charge in [-0.05, 0) is 6.42 Å². The van der Waals surface area contributed by atoms with Crippen molar-refractivity contribution in [3.63, 3.8) is 0 Å². The number of rotatable bonds is 5. The molecule has 0 saturated carbocycles. The van der Waals surface area contributed by atoms with Crippen molar-refractivity contribution in [2.75, 3.05) is 11.9 Å². The number of nitrogens with zero attached hydrogens (tertiary/aromatic N) is 2. The molecule has 0 spiro atoms. The quantitative estimate of drug-likeness (QED) is 0.785. The molecule has 0 aliphatic heterocycles. The largest absolute Gasteiger partial charge is 0.391 e. The van der Waals surface area contributed by atoms with Gasteiger partial charge in [-0.1, -0.05) is 24.9 Å². The maximum atomic E-state index is 9.42. The van der Waals surface area contributed by atoms with Crippen molar-refractivity contribution in [2.24, 2.45) is 0 Å². The Bertz CT molecular complexity index is 265. The van der Waals surface area contributed by atoms with Crippen molar-refractivity contribution in [1.29, 1.82) is 0 Å². The lowest BCUT2D eigenvalue weighted by Crippen LogP contribution is -2.20. The zero-order valence-corrected chi connectivity index (χ0v) is 8.83. The first-order chi connectivity index (χ1) is 6.72. The first-order valence-electron chi connectivity index (χ1n) is 4.62. The van der Waals surface area contributed by atoms with Gasteiger partial charge in [0.2, 0.25) is 5.95 Å². The van der Waals surface area contributed by atoms with Gasteiger partial charge in [0.15, 0.2) is 0 Å². The number of aliphatic hydroxyl groups is 1. The molecule has 0 radical (unpaired) electrons. The summed E-state index contributed by atoms with van der Waals surface area (Å²) in [6.45, 7) is 2.50. The third-order valence-corrected chi connectivity index (χ3v) is 1.93. The van der Waals surface area contributed by atoms with E-state index in [2.05, 4.69) is 15.3 Å². The molecule has 0 saturated heterocycles. The lowest BCUT2D eigenvalue weighted by molar-refractivity contribution is 0.176. The molecule has 1 atom stereocenters. The Kier molecular flexibility index (Phi) is 4.62. The van der Waals surface area contributed by atoms with E-state index in [1.165, 1.54) is 12.4 Å². The average Bonchev–Trinajstić information content (AvgIpc) is 2.17. The summed E-state index contributed by atoms with van der Waals surface area (Å²) in [6, 6.07) is 0. The van der Waals surface area contributed by atoms with Crippen molar-refractivity contribution in [2.45, 2.75) is 25.9 Å². The van der Waals surface area contributed by atoms with Crippen LogP contribution in [0.3, 0.4) is 0 Å². The van der Waals surface area contributed by atoms with Crippen LogP contribution in [0.2, 0.25) is 5.02 Å². The third kappa shape index (κ3) is 3.89. The molecule has 1 rings (SSSR count). The predicted octanol–water partition coefficient (Wildman–Crippen LogP) is 1.70. The fraction of sp³-hybridized carbons (Fsp3) is 0.556. The molecule has 1 aromatic heterocycles. The van der Waals surface area contributed by atoms with Crippen LogP contribution in [0, 0.1) is 0 Å². The maximum Gasteiger partial charge on any atom is 0.222 e. The molecular weight excluding hydrogens is 202 g/mol. The van der Waals surface area contributed by atoms with Gasteiger partial charge in [0.05, 0.1) is 23.5 Å². The van der Waals surface area contributed by atoms with Gasteiger partial charge in [0, 0.05) is 6.54 Å². The highest BCUT2D eigenvalue weighted by Crippen LogP contribution is 2.05. The zero-order chi connectivity index (χ0) is 10.4. The van der Waals surface area contributed by atoms with E-state index in [-0.39, 0.29) is 6.10 Å². The molecule has 1 aromatic rings. The number of hydrogen-bond donors (Lipinski definition) is 2. The number of aliphatic hydroxyl groups excluding tert-OH is 1.